The number of hydrogen-bond donors (Lipinski definition) is 1. The lowest BCUT2D eigenvalue weighted by molar-refractivity contribution is 0.0405. The largest absolute Gasteiger partial charge is 0.341 e. The summed E-state index contributed by atoms with van der Waals surface area (Å²) in [6, 6.07) is 10.9. The third-order valence-corrected chi connectivity index (χ3v) is 7.26. The maximum atomic E-state index is 13.6. The summed E-state index contributed by atoms with van der Waals surface area (Å²) in [5, 5.41) is 9.51. The van der Waals surface area contributed by atoms with Crippen LogP contribution in [0.2, 0.25) is 0 Å². The van der Waals surface area contributed by atoms with Crippen LogP contribution in [0.1, 0.15) is 33.6 Å². The highest BCUT2D eigenvalue weighted by atomic mass is 32.1. The predicted octanol–water partition coefficient (Wildman–Crippen LogP) is 2.10. The highest BCUT2D eigenvalue weighted by Gasteiger charge is 2.32. The molecule has 0 bridgehead atoms. The topological polar surface area (TPSA) is 108 Å². The number of anilines is 1. The Morgan fingerprint density at radius 3 is 2.82 bits per heavy atom. The zero-order chi connectivity index (χ0) is 23.1. The van der Waals surface area contributed by atoms with Crippen molar-refractivity contribution in [2.75, 3.05) is 31.1 Å². The molecule has 2 aliphatic rings. The number of thiophene rings is 1. The first kappa shape index (κ1) is 21.6. The van der Waals surface area contributed by atoms with Gasteiger partial charge in [0.25, 0.3) is 11.5 Å². The molecular formula is C23H23FN6O2S. The van der Waals surface area contributed by atoms with Gasteiger partial charge in [0.15, 0.2) is 0 Å². The third kappa shape index (κ3) is 3.98. The fraction of sp³-hybridized carbons (Fsp3) is 0.391. The van der Waals surface area contributed by atoms with Gasteiger partial charge in [-0.05, 0) is 30.5 Å². The van der Waals surface area contributed by atoms with Crippen molar-refractivity contribution in [2.24, 2.45) is 5.73 Å². The van der Waals surface area contributed by atoms with Crippen LogP contribution >= 0.6 is 11.3 Å². The fourth-order valence-electron chi connectivity index (χ4n) is 4.36. The second-order valence-corrected chi connectivity index (χ2v) is 9.61. The van der Waals surface area contributed by atoms with Gasteiger partial charge in [-0.25, -0.2) is 9.37 Å². The lowest BCUT2D eigenvalue weighted by atomic mass is 10.1. The van der Waals surface area contributed by atoms with Gasteiger partial charge in [-0.3, -0.25) is 14.2 Å². The van der Waals surface area contributed by atoms with Gasteiger partial charge in [-0.2, -0.15) is 5.26 Å². The molecule has 2 aliphatic heterocycles. The Balaban J connectivity index is 1.61. The number of hydrogen-bond acceptors (Lipinski definition) is 7. The highest BCUT2D eigenvalue weighted by molar-refractivity contribution is 7.20. The molecule has 4 heterocycles. The Kier molecular flexibility index (Phi) is 5.60. The highest BCUT2D eigenvalue weighted by Crippen LogP contribution is 2.28. The van der Waals surface area contributed by atoms with Gasteiger partial charge in [0, 0.05) is 19.1 Å². The van der Waals surface area contributed by atoms with Crippen molar-refractivity contribution in [1.82, 2.24) is 14.5 Å². The number of aromatic nitrogens is 2. The van der Waals surface area contributed by atoms with Crippen LogP contribution in [0.25, 0.3) is 10.2 Å². The van der Waals surface area contributed by atoms with Crippen LogP contribution in [-0.2, 0) is 6.54 Å². The molecule has 2 N–H and O–H groups in total. The molecule has 170 valence electrons. The molecule has 0 saturated carbocycles. The molecule has 1 atom stereocenters. The Hall–Kier alpha value is -3.29. The van der Waals surface area contributed by atoms with Crippen LogP contribution in [0.15, 0.2) is 35.1 Å². The molecule has 1 unspecified atom stereocenters. The van der Waals surface area contributed by atoms with Crippen molar-refractivity contribution in [2.45, 2.75) is 31.6 Å². The first-order valence-corrected chi connectivity index (χ1v) is 11.7. The van der Waals surface area contributed by atoms with Crippen molar-refractivity contribution in [1.29, 1.82) is 5.26 Å². The van der Waals surface area contributed by atoms with Crippen LogP contribution < -0.4 is 16.2 Å². The van der Waals surface area contributed by atoms with E-state index in [-0.39, 0.29) is 37.1 Å². The number of nitriles is 1. The molecule has 3 aromatic rings. The zero-order valence-electron chi connectivity index (χ0n) is 17.9. The molecule has 2 aromatic heterocycles. The maximum absolute atomic E-state index is 13.6. The van der Waals surface area contributed by atoms with Gasteiger partial charge in [0.05, 0.1) is 41.7 Å². The summed E-state index contributed by atoms with van der Waals surface area (Å²) in [7, 11) is 0. The molecule has 0 radical (unpaired) electrons. The van der Waals surface area contributed by atoms with E-state index in [1.54, 1.807) is 22.8 Å². The number of fused-ring (bicyclic) bond motifs is 1. The zero-order valence-corrected chi connectivity index (χ0v) is 18.7. The average molecular weight is 467 g/mol. The van der Waals surface area contributed by atoms with Gasteiger partial charge in [-0.15, -0.1) is 11.3 Å². The molecule has 1 aromatic carbocycles. The van der Waals surface area contributed by atoms with Gasteiger partial charge in [0.2, 0.25) is 5.95 Å². The lowest BCUT2D eigenvalue weighted by Crippen LogP contribution is -2.51. The average Bonchev–Trinajstić information content (AvgIpc) is 3.23. The molecule has 0 aliphatic carbocycles. The number of carbonyl (C=O) groups is 1. The standard InChI is InChI=1S/C23H23FN6O2S/c24-16-11-29(12-16)21(31)19-8-18-20(33-19)22(32)30(10-15-5-2-1-4-14(15)9-25)23(27-18)28-7-3-6-17(26)13-28/h1-2,4-5,8,16-17H,3,6-7,10-13,26H2. The summed E-state index contributed by atoms with van der Waals surface area (Å²) in [6.45, 7) is 1.62. The molecule has 2 fully saturated rings. The summed E-state index contributed by atoms with van der Waals surface area (Å²) in [5.41, 5.74) is 7.58. The van der Waals surface area contributed by atoms with Gasteiger partial charge >= 0.3 is 0 Å². The molecule has 0 spiro atoms. The number of alkyl halides is 1. The predicted molar refractivity (Wildman–Crippen MR) is 124 cm³/mol. The summed E-state index contributed by atoms with van der Waals surface area (Å²) < 4.78 is 15.2. The summed E-state index contributed by atoms with van der Waals surface area (Å²) in [5.74, 6) is 0.203. The van der Waals surface area contributed by atoms with Crippen molar-refractivity contribution < 1.29 is 9.18 Å². The number of amides is 1. The first-order valence-electron chi connectivity index (χ1n) is 10.9. The first-order chi connectivity index (χ1) is 15.9. The minimum Gasteiger partial charge on any atom is -0.341 e. The van der Waals surface area contributed by atoms with E-state index >= 15 is 0 Å². The van der Waals surface area contributed by atoms with Crippen molar-refractivity contribution in [3.05, 3.63) is 56.7 Å². The van der Waals surface area contributed by atoms with Gasteiger partial charge in [0.1, 0.15) is 10.9 Å². The van der Waals surface area contributed by atoms with Crippen molar-refractivity contribution in [3.8, 4) is 6.07 Å². The SMILES string of the molecule is N#Cc1ccccc1Cn1c(N2CCCC(N)C2)nc2cc(C(=O)N3CC(F)C3)sc2c1=O. The summed E-state index contributed by atoms with van der Waals surface area (Å²) in [6.07, 6.45) is 0.799. The number of halogens is 1. The van der Waals surface area contributed by atoms with Crippen molar-refractivity contribution >= 4 is 33.4 Å². The molecule has 8 nitrogen and oxygen atoms in total. The minimum atomic E-state index is -0.992. The van der Waals surface area contributed by atoms with E-state index in [1.165, 1.54) is 4.90 Å². The maximum Gasteiger partial charge on any atom is 0.273 e. The number of benzene rings is 1. The number of piperidine rings is 1. The number of rotatable bonds is 4. The van der Waals surface area contributed by atoms with E-state index in [0.717, 1.165) is 24.2 Å². The normalized spacial score (nSPS) is 18.9. The second-order valence-electron chi connectivity index (χ2n) is 8.55. The monoisotopic (exact) mass is 466 g/mol. The van der Waals surface area contributed by atoms with E-state index in [1.807, 2.05) is 17.0 Å². The Morgan fingerprint density at radius 2 is 2.09 bits per heavy atom. The Morgan fingerprint density at radius 1 is 1.30 bits per heavy atom. The van der Waals surface area contributed by atoms with E-state index in [2.05, 4.69) is 6.07 Å². The number of likely N-dealkylation sites (tertiary alicyclic amines) is 1. The smallest absolute Gasteiger partial charge is 0.273 e. The quantitative estimate of drug-likeness (QED) is 0.631. The molecule has 1 amide bonds. The number of nitrogens with two attached hydrogens (primary N) is 1. The number of nitrogens with zero attached hydrogens (tertiary/aromatic N) is 5. The summed E-state index contributed by atoms with van der Waals surface area (Å²) in [4.78, 5) is 34.9. The van der Waals surface area contributed by atoms with Crippen LogP contribution in [0.5, 0.6) is 0 Å². The van der Waals surface area contributed by atoms with E-state index in [4.69, 9.17) is 10.7 Å². The van der Waals surface area contributed by atoms with Gasteiger partial charge in [-0.1, -0.05) is 18.2 Å². The Labute approximate surface area is 193 Å². The molecule has 2 saturated heterocycles. The Bertz CT molecular complexity index is 1320. The third-order valence-electron chi connectivity index (χ3n) is 6.16. The number of carbonyl (C=O) groups excluding carboxylic acids is 1. The van der Waals surface area contributed by atoms with E-state index in [0.29, 0.717) is 45.3 Å². The molecular weight excluding hydrogens is 443 g/mol. The van der Waals surface area contributed by atoms with Crippen LogP contribution in [0.3, 0.4) is 0 Å². The second kappa shape index (κ2) is 8.57. The van der Waals surface area contributed by atoms with Crippen LogP contribution in [-0.4, -0.2) is 58.8 Å². The molecule has 33 heavy (non-hydrogen) atoms. The summed E-state index contributed by atoms with van der Waals surface area (Å²) >= 11 is 1.08. The van der Waals surface area contributed by atoms with Crippen LogP contribution in [0, 0.1) is 11.3 Å². The fourth-order valence-corrected chi connectivity index (χ4v) is 5.38. The molecule has 5 rings (SSSR count). The van der Waals surface area contributed by atoms with E-state index in [9.17, 15) is 19.2 Å². The van der Waals surface area contributed by atoms with Crippen molar-refractivity contribution in [3.63, 3.8) is 0 Å². The van der Waals surface area contributed by atoms with E-state index < -0.39 is 6.17 Å². The van der Waals surface area contributed by atoms with Crippen LogP contribution in [0.4, 0.5) is 10.3 Å². The van der Waals surface area contributed by atoms with Gasteiger partial charge < -0.3 is 15.5 Å². The molecule has 10 heteroatoms. The lowest BCUT2D eigenvalue weighted by Gasteiger charge is -2.33. The minimum absolute atomic E-state index is 0.0223.